The van der Waals surface area contributed by atoms with Crippen molar-refractivity contribution in [2.45, 2.75) is 58.0 Å². The average Bonchev–Trinajstić information content (AvgIpc) is 2.76. The fourth-order valence-electron chi connectivity index (χ4n) is 2.71. The van der Waals surface area contributed by atoms with Crippen molar-refractivity contribution in [3.05, 3.63) is 16.7 Å². The average molecular weight is 324 g/mol. The minimum atomic E-state index is -0.260. The summed E-state index contributed by atoms with van der Waals surface area (Å²) in [6.45, 7) is 10.1. The standard InChI is InChI=1S/C17H24O4S/c1-6-20-13(18)7-8-22-16-11(3)14(19)10(2)12-9-17(4,5)21-15(12)16/h19H,6-9H2,1-5H3. The number of aromatic hydroxyl groups is 1. The number of fused-ring (bicyclic) bond motifs is 1. The van der Waals surface area contributed by atoms with E-state index in [4.69, 9.17) is 9.47 Å². The Bertz CT molecular complexity index is 593. The molecule has 0 atom stereocenters. The smallest absolute Gasteiger partial charge is 0.306 e. The van der Waals surface area contributed by atoms with Crippen LogP contribution in [-0.2, 0) is 16.0 Å². The fourth-order valence-corrected chi connectivity index (χ4v) is 3.79. The van der Waals surface area contributed by atoms with Crippen LogP contribution in [0, 0.1) is 13.8 Å². The van der Waals surface area contributed by atoms with E-state index >= 15 is 0 Å². The third kappa shape index (κ3) is 3.35. The van der Waals surface area contributed by atoms with Crippen molar-refractivity contribution in [2.24, 2.45) is 0 Å². The van der Waals surface area contributed by atoms with Crippen LogP contribution in [0.15, 0.2) is 4.90 Å². The van der Waals surface area contributed by atoms with Gasteiger partial charge in [0, 0.05) is 23.3 Å². The second-order valence-electron chi connectivity index (χ2n) is 6.18. The van der Waals surface area contributed by atoms with Crippen molar-refractivity contribution in [1.29, 1.82) is 0 Å². The molecule has 0 bridgehead atoms. The van der Waals surface area contributed by atoms with Crippen molar-refractivity contribution in [3.63, 3.8) is 0 Å². The van der Waals surface area contributed by atoms with Gasteiger partial charge in [-0.3, -0.25) is 4.79 Å². The van der Waals surface area contributed by atoms with Gasteiger partial charge in [0.05, 0.1) is 17.9 Å². The van der Waals surface area contributed by atoms with Crippen LogP contribution in [0.4, 0.5) is 0 Å². The zero-order valence-corrected chi connectivity index (χ0v) is 14.7. The molecule has 0 saturated carbocycles. The minimum Gasteiger partial charge on any atom is -0.507 e. The molecule has 1 aromatic rings. The van der Waals surface area contributed by atoms with E-state index in [2.05, 4.69) is 0 Å². The maximum absolute atomic E-state index is 11.5. The summed E-state index contributed by atoms with van der Waals surface area (Å²) in [6, 6.07) is 0. The Morgan fingerprint density at radius 3 is 2.68 bits per heavy atom. The van der Waals surface area contributed by atoms with Crippen molar-refractivity contribution in [2.75, 3.05) is 12.4 Å². The maximum Gasteiger partial charge on any atom is 0.306 e. The Morgan fingerprint density at radius 2 is 2.05 bits per heavy atom. The summed E-state index contributed by atoms with van der Waals surface area (Å²) in [5.41, 5.74) is 2.53. The first kappa shape index (κ1) is 17.0. The molecule has 0 amide bonds. The van der Waals surface area contributed by atoms with Crippen molar-refractivity contribution in [3.8, 4) is 11.5 Å². The quantitative estimate of drug-likeness (QED) is 0.660. The highest BCUT2D eigenvalue weighted by atomic mass is 32.2. The number of hydrogen-bond acceptors (Lipinski definition) is 5. The second kappa shape index (κ2) is 6.41. The third-order valence-electron chi connectivity index (χ3n) is 3.82. The van der Waals surface area contributed by atoms with Gasteiger partial charge < -0.3 is 14.6 Å². The summed E-state index contributed by atoms with van der Waals surface area (Å²) in [5, 5.41) is 10.4. The topological polar surface area (TPSA) is 55.8 Å². The summed E-state index contributed by atoms with van der Waals surface area (Å²) < 4.78 is 11.0. The number of rotatable bonds is 5. The summed E-state index contributed by atoms with van der Waals surface area (Å²) in [7, 11) is 0. The Hall–Kier alpha value is -1.36. The lowest BCUT2D eigenvalue weighted by atomic mass is 9.96. The molecule has 0 spiro atoms. The molecular weight excluding hydrogens is 300 g/mol. The molecule has 122 valence electrons. The SMILES string of the molecule is CCOC(=O)CCSc1c(C)c(O)c(C)c2c1OC(C)(C)C2. The lowest BCUT2D eigenvalue weighted by molar-refractivity contribution is -0.142. The van der Waals surface area contributed by atoms with E-state index in [9.17, 15) is 9.90 Å². The van der Waals surface area contributed by atoms with E-state index in [0.717, 1.165) is 33.8 Å². The molecular formula is C17H24O4S. The van der Waals surface area contributed by atoms with Crippen molar-refractivity contribution >= 4 is 17.7 Å². The number of phenols is 1. The van der Waals surface area contributed by atoms with Crippen LogP contribution in [0.1, 0.15) is 43.9 Å². The molecule has 0 aromatic heterocycles. The number of phenolic OH excluding ortho intramolecular Hbond substituents is 1. The molecule has 1 aliphatic heterocycles. The number of hydrogen-bond donors (Lipinski definition) is 1. The predicted molar refractivity (Wildman–Crippen MR) is 88.0 cm³/mol. The number of ether oxygens (including phenoxy) is 2. The normalized spacial score (nSPS) is 15.3. The number of thioether (sulfide) groups is 1. The highest BCUT2D eigenvalue weighted by Gasteiger charge is 2.35. The van der Waals surface area contributed by atoms with E-state index < -0.39 is 0 Å². The summed E-state index contributed by atoms with van der Waals surface area (Å²) >= 11 is 1.54. The van der Waals surface area contributed by atoms with Gasteiger partial charge in [-0.25, -0.2) is 0 Å². The first-order chi connectivity index (χ1) is 10.3. The summed E-state index contributed by atoms with van der Waals surface area (Å²) in [6.07, 6.45) is 1.14. The van der Waals surface area contributed by atoms with Gasteiger partial charge in [0.25, 0.3) is 0 Å². The predicted octanol–water partition coefficient (Wildman–Crippen LogP) is 3.77. The summed E-state index contributed by atoms with van der Waals surface area (Å²) in [5.74, 6) is 1.62. The molecule has 0 saturated heterocycles. The molecule has 0 fully saturated rings. The molecule has 4 nitrogen and oxygen atoms in total. The molecule has 2 rings (SSSR count). The number of benzene rings is 1. The lowest BCUT2D eigenvalue weighted by Crippen LogP contribution is -2.24. The molecule has 5 heteroatoms. The van der Waals surface area contributed by atoms with Gasteiger partial charge in [-0.2, -0.15) is 0 Å². The highest BCUT2D eigenvalue weighted by Crippen LogP contribution is 2.49. The van der Waals surface area contributed by atoms with Gasteiger partial charge in [-0.05, 0) is 40.2 Å². The lowest BCUT2D eigenvalue weighted by Gasteiger charge is -2.19. The second-order valence-corrected chi connectivity index (χ2v) is 7.28. The first-order valence-electron chi connectivity index (χ1n) is 7.59. The molecule has 1 heterocycles. The molecule has 0 aliphatic carbocycles. The van der Waals surface area contributed by atoms with Crippen LogP contribution < -0.4 is 4.74 Å². The van der Waals surface area contributed by atoms with Gasteiger partial charge in [0.15, 0.2) is 0 Å². The number of carbonyl (C=O) groups excluding carboxylic acids is 1. The Balaban J connectivity index is 2.24. The van der Waals surface area contributed by atoms with Gasteiger partial charge in [0.1, 0.15) is 17.1 Å². The molecule has 1 aliphatic rings. The van der Waals surface area contributed by atoms with E-state index in [1.165, 1.54) is 0 Å². The van der Waals surface area contributed by atoms with E-state index in [1.807, 2.05) is 27.7 Å². The first-order valence-corrected chi connectivity index (χ1v) is 8.57. The largest absolute Gasteiger partial charge is 0.507 e. The van der Waals surface area contributed by atoms with Crippen LogP contribution in [0.3, 0.4) is 0 Å². The molecule has 0 radical (unpaired) electrons. The van der Waals surface area contributed by atoms with E-state index in [-0.39, 0.29) is 11.6 Å². The molecule has 0 unspecified atom stereocenters. The monoisotopic (exact) mass is 324 g/mol. The molecule has 1 aromatic carbocycles. The molecule has 22 heavy (non-hydrogen) atoms. The Kier molecular flexibility index (Phi) is 4.95. The van der Waals surface area contributed by atoms with Gasteiger partial charge in [-0.1, -0.05) is 0 Å². The highest BCUT2D eigenvalue weighted by molar-refractivity contribution is 7.99. The van der Waals surface area contributed by atoms with Crippen molar-refractivity contribution < 1.29 is 19.4 Å². The zero-order valence-electron chi connectivity index (χ0n) is 13.9. The fraction of sp³-hybridized carbons (Fsp3) is 0.588. The van der Waals surface area contributed by atoms with Crippen LogP contribution >= 0.6 is 11.8 Å². The van der Waals surface area contributed by atoms with Crippen LogP contribution in [0.25, 0.3) is 0 Å². The van der Waals surface area contributed by atoms with Crippen LogP contribution in [0.2, 0.25) is 0 Å². The zero-order chi connectivity index (χ0) is 16.5. The summed E-state index contributed by atoms with van der Waals surface area (Å²) in [4.78, 5) is 12.4. The number of esters is 1. The Morgan fingerprint density at radius 1 is 1.36 bits per heavy atom. The van der Waals surface area contributed by atoms with Gasteiger partial charge in [0.2, 0.25) is 0 Å². The third-order valence-corrected chi connectivity index (χ3v) is 5.01. The minimum absolute atomic E-state index is 0.193. The molecule has 1 N–H and O–H groups in total. The van der Waals surface area contributed by atoms with E-state index in [1.54, 1.807) is 18.7 Å². The van der Waals surface area contributed by atoms with Gasteiger partial charge >= 0.3 is 5.97 Å². The Labute approximate surface area is 136 Å². The van der Waals surface area contributed by atoms with Gasteiger partial charge in [-0.15, -0.1) is 11.8 Å². The maximum atomic E-state index is 11.5. The number of carbonyl (C=O) groups is 1. The van der Waals surface area contributed by atoms with Crippen LogP contribution in [-0.4, -0.2) is 29.0 Å². The van der Waals surface area contributed by atoms with E-state index in [0.29, 0.717) is 24.5 Å². The van der Waals surface area contributed by atoms with Crippen LogP contribution in [0.5, 0.6) is 11.5 Å². The van der Waals surface area contributed by atoms with Crippen molar-refractivity contribution in [1.82, 2.24) is 0 Å².